The fourth-order valence-corrected chi connectivity index (χ4v) is 1.84. The van der Waals surface area contributed by atoms with Crippen LogP contribution >= 0.6 is 0 Å². The Kier molecular flexibility index (Phi) is 4.73. The van der Waals surface area contributed by atoms with Crippen molar-refractivity contribution in [1.82, 2.24) is 9.80 Å². The fraction of sp³-hybridized carbons (Fsp3) is 0.818. The van der Waals surface area contributed by atoms with E-state index in [9.17, 15) is 9.59 Å². The number of carboxylic acid groups (broad SMARTS) is 1. The van der Waals surface area contributed by atoms with Gasteiger partial charge in [0.1, 0.15) is 0 Å². The molecule has 0 saturated carbocycles. The molecule has 0 aliphatic carbocycles. The minimum absolute atomic E-state index is 0.0486. The van der Waals surface area contributed by atoms with E-state index in [0.717, 1.165) is 25.9 Å². The maximum Gasteiger partial charge on any atom is 0.317 e. The van der Waals surface area contributed by atoms with Gasteiger partial charge in [-0.2, -0.15) is 0 Å². The lowest BCUT2D eigenvalue weighted by atomic mass is 10.3. The van der Waals surface area contributed by atoms with Gasteiger partial charge in [-0.15, -0.1) is 0 Å². The van der Waals surface area contributed by atoms with Crippen molar-refractivity contribution in [2.24, 2.45) is 0 Å². The van der Waals surface area contributed by atoms with Crippen molar-refractivity contribution in [3.63, 3.8) is 0 Å². The first kappa shape index (κ1) is 13.0. The zero-order chi connectivity index (χ0) is 12.1. The molecule has 1 heterocycles. The van der Waals surface area contributed by atoms with Crippen LogP contribution in [0, 0.1) is 0 Å². The number of amides is 1. The van der Waals surface area contributed by atoms with Gasteiger partial charge < -0.3 is 10.0 Å². The highest BCUT2D eigenvalue weighted by Crippen LogP contribution is 2.09. The highest BCUT2D eigenvalue weighted by atomic mass is 16.4. The first-order valence-corrected chi connectivity index (χ1v) is 5.74. The van der Waals surface area contributed by atoms with Crippen LogP contribution in [-0.4, -0.2) is 59.0 Å². The number of rotatable bonds is 5. The molecule has 0 aromatic carbocycles. The lowest BCUT2D eigenvalue weighted by Crippen LogP contribution is -2.44. The summed E-state index contributed by atoms with van der Waals surface area (Å²) in [6.45, 7) is 5.58. The van der Waals surface area contributed by atoms with E-state index in [1.165, 1.54) is 0 Å². The van der Waals surface area contributed by atoms with Crippen LogP contribution in [0.5, 0.6) is 0 Å². The summed E-state index contributed by atoms with van der Waals surface area (Å²) in [6, 6.07) is 0.0719. The number of aliphatic carboxylic acids is 1. The molecular formula is C11H20N2O3. The van der Waals surface area contributed by atoms with E-state index in [4.69, 9.17) is 5.11 Å². The highest BCUT2D eigenvalue weighted by molar-refractivity contribution is 5.79. The average Bonchev–Trinajstić information content (AvgIpc) is 2.68. The molecule has 1 amide bonds. The van der Waals surface area contributed by atoms with E-state index in [0.29, 0.717) is 0 Å². The van der Waals surface area contributed by atoms with Crippen molar-refractivity contribution in [1.29, 1.82) is 0 Å². The van der Waals surface area contributed by atoms with Crippen LogP contribution in [0.25, 0.3) is 0 Å². The molecule has 1 rings (SSSR count). The van der Waals surface area contributed by atoms with Crippen molar-refractivity contribution in [2.75, 3.05) is 26.2 Å². The molecule has 1 fully saturated rings. The van der Waals surface area contributed by atoms with Gasteiger partial charge in [-0.05, 0) is 26.7 Å². The number of carbonyl (C=O) groups excluding carboxylic acids is 1. The summed E-state index contributed by atoms with van der Waals surface area (Å²) in [5.74, 6) is -0.838. The van der Waals surface area contributed by atoms with Crippen molar-refractivity contribution in [3.8, 4) is 0 Å². The minimum Gasteiger partial charge on any atom is -0.480 e. The van der Waals surface area contributed by atoms with Gasteiger partial charge in [0.25, 0.3) is 0 Å². The van der Waals surface area contributed by atoms with Crippen LogP contribution in [0.1, 0.15) is 26.7 Å². The molecule has 16 heavy (non-hydrogen) atoms. The minimum atomic E-state index is -0.886. The molecule has 0 radical (unpaired) electrons. The number of nitrogens with zero attached hydrogens (tertiary/aromatic N) is 2. The van der Waals surface area contributed by atoms with Crippen molar-refractivity contribution >= 4 is 11.9 Å². The van der Waals surface area contributed by atoms with Gasteiger partial charge in [0.2, 0.25) is 5.91 Å². The Morgan fingerprint density at radius 3 is 2.25 bits per heavy atom. The molecule has 0 spiro atoms. The predicted octanol–water partition coefficient (Wildman–Crippen LogP) is 0.404. The second-order valence-electron chi connectivity index (χ2n) is 4.48. The summed E-state index contributed by atoms with van der Waals surface area (Å²) in [6.07, 6.45) is 2.12. The van der Waals surface area contributed by atoms with Crippen LogP contribution in [0.4, 0.5) is 0 Å². The highest BCUT2D eigenvalue weighted by Gasteiger charge is 2.22. The Labute approximate surface area is 96.0 Å². The standard InChI is InChI=1S/C11H20N2O3/c1-9(2)13(8-11(15)16)7-10(14)12-5-3-4-6-12/h9H,3-8H2,1-2H3,(H,15,16). The molecule has 1 aliphatic heterocycles. The zero-order valence-electron chi connectivity index (χ0n) is 9.98. The normalized spacial score (nSPS) is 16.1. The van der Waals surface area contributed by atoms with Crippen LogP contribution in [0.2, 0.25) is 0 Å². The summed E-state index contributed by atoms with van der Waals surface area (Å²) in [7, 11) is 0. The van der Waals surface area contributed by atoms with Crippen molar-refractivity contribution < 1.29 is 14.7 Å². The van der Waals surface area contributed by atoms with Gasteiger partial charge in [-0.25, -0.2) is 0 Å². The summed E-state index contributed by atoms with van der Waals surface area (Å²) in [4.78, 5) is 26.0. The average molecular weight is 228 g/mol. The number of hydrogen-bond acceptors (Lipinski definition) is 3. The quantitative estimate of drug-likeness (QED) is 0.740. The lowest BCUT2D eigenvalue weighted by Gasteiger charge is -2.26. The molecule has 0 atom stereocenters. The molecule has 5 nitrogen and oxygen atoms in total. The molecular weight excluding hydrogens is 208 g/mol. The smallest absolute Gasteiger partial charge is 0.317 e. The van der Waals surface area contributed by atoms with Crippen LogP contribution < -0.4 is 0 Å². The predicted molar refractivity (Wildman–Crippen MR) is 60.2 cm³/mol. The topological polar surface area (TPSA) is 60.9 Å². The van der Waals surface area contributed by atoms with Crippen molar-refractivity contribution in [2.45, 2.75) is 32.7 Å². The summed E-state index contributed by atoms with van der Waals surface area (Å²) < 4.78 is 0. The van der Waals surface area contributed by atoms with E-state index in [2.05, 4.69) is 0 Å². The van der Waals surface area contributed by atoms with Crippen LogP contribution in [0.15, 0.2) is 0 Å². The second-order valence-corrected chi connectivity index (χ2v) is 4.48. The Morgan fingerprint density at radius 2 is 1.81 bits per heavy atom. The third kappa shape index (κ3) is 3.81. The third-order valence-electron chi connectivity index (χ3n) is 2.87. The Balaban J connectivity index is 2.46. The van der Waals surface area contributed by atoms with Crippen LogP contribution in [-0.2, 0) is 9.59 Å². The monoisotopic (exact) mass is 228 g/mol. The third-order valence-corrected chi connectivity index (χ3v) is 2.87. The van der Waals surface area contributed by atoms with E-state index in [1.54, 1.807) is 4.90 Å². The van der Waals surface area contributed by atoms with Gasteiger partial charge in [0.05, 0.1) is 13.1 Å². The van der Waals surface area contributed by atoms with Crippen molar-refractivity contribution in [3.05, 3.63) is 0 Å². The molecule has 92 valence electrons. The number of likely N-dealkylation sites (tertiary alicyclic amines) is 1. The first-order valence-electron chi connectivity index (χ1n) is 5.74. The van der Waals surface area contributed by atoms with Gasteiger partial charge in [0, 0.05) is 19.1 Å². The molecule has 1 N–H and O–H groups in total. The summed E-state index contributed by atoms with van der Waals surface area (Å²) >= 11 is 0. The first-order chi connectivity index (χ1) is 7.50. The van der Waals surface area contributed by atoms with Gasteiger partial charge in [-0.1, -0.05) is 0 Å². The van der Waals surface area contributed by atoms with E-state index >= 15 is 0 Å². The van der Waals surface area contributed by atoms with Gasteiger partial charge in [-0.3, -0.25) is 14.5 Å². The SMILES string of the molecule is CC(C)N(CC(=O)O)CC(=O)N1CCCC1. The Morgan fingerprint density at radius 1 is 1.25 bits per heavy atom. The zero-order valence-corrected chi connectivity index (χ0v) is 9.98. The molecule has 5 heteroatoms. The summed E-state index contributed by atoms with van der Waals surface area (Å²) in [5, 5.41) is 8.74. The van der Waals surface area contributed by atoms with Crippen LogP contribution in [0.3, 0.4) is 0 Å². The number of carbonyl (C=O) groups is 2. The number of carboxylic acids is 1. The molecule has 0 bridgehead atoms. The summed E-state index contributed by atoms with van der Waals surface area (Å²) in [5.41, 5.74) is 0. The maximum absolute atomic E-state index is 11.8. The van der Waals surface area contributed by atoms with E-state index in [-0.39, 0.29) is 25.0 Å². The fourth-order valence-electron chi connectivity index (χ4n) is 1.84. The Bertz CT molecular complexity index is 260. The molecule has 1 saturated heterocycles. The molecule has 1 aliphatic rings. The maximum atomic E-state index is 11.8. The molecule has 0 aromatic heterocycles. The lowest BCUT2D eigenvalue weighted by molar-refractivity contribution is -0.140. The second kappa shape index (κ2) is 5.84. The largest absolute Gasteiger partial charge is 0.480 e. The van der Waals surface area contributed by atoms with E-state index in [1.807, 2.05) is 18.7 Å². The number of hydrogen-bond donors (Lipinski definition) is 1. The van der Waals surface area contributed by atoms with Gasteiger partial charge >= 0.3 is 5.97 Å². The molecule has 0 unspecified atom stereocenters. The van der Waals surface area contributed by atoms with Gasteiger partial charge in [0.15, 0.2) is 0 Å². The van der Waals surface area contributed by atoms with E-state index < -0.39 is 5.97 Å². The Hall–Kier alpha value is -1.10. The molecule has 0 aromatic rings.